The number of nitrogens with zero attached hydrogens (tertiary/aromatic N) is 1. The van der Waals surface area contributed by atoms with Gasteiger partial charge in [-0.2, -0.15) is 0 Å². The number of benzene rings is 1. The Labute approximate surface area is 170 Å². The lowest BCUT2D eigenvalue weighted by Crippen LogP contribution is -2.21. The molecule has 4 nitrogen and oxygen atoms in total. The van der Waals surface area contributed by atoms with E-state index in [0.29, 0.717) is 12.4 Å². The van der Waals surface area contributed by atoms with Crippen molar-refractivity contribution in [3.8, 4) is 5.75 Å². The largest absolute Gasteiger partial charge is 0.492 e. The van der Waals surface area contributed by atoms with E-state index < -0.39 is 0 Å². The van der Waals surface area contributed by atoms with Crippen LogP contribution in [0.2, 0.25) is 0 Å². The molecule has 1 aromatic heterocycles. The summed E-state index contributed by atoms with van der Waals surface area (Å²) in [5.41, 5.74) is 0. The Balaban J connectivity index is 1.58. The Morgan fingerprint density at radius 2 is 2.04 bits per heavy atom. The third kappa shape index (κ3) is 8.65. The molecule has 0 unspecified atom stereocenters. The van der Waals surface area contributed by atoms with Gasteiger partial charge in [-0.25, -0.2) is 0 Å². The Morgan fingerprint density at radius 1 is 1.26 bits per heavy atom. The number of rotatable bonds is 12. The summed E-state index contributed by atoms with van der Waals surface area (Å²) < 4.78 is 5.77. The van der Waals surface area contributed by atoms with Crippen LogP contribution in [0, 0.1) is 0 Å². The predicted octanol–water partition coefficient (Wildman–Crippen LogP) is 4.78. The maximum Gasteiger partial charge on any atom is 0.234 e. The molecule has 2 aromatic rings. The zero-order valence-electron chi connectivity index (χ0n) is 16.0. The van der Waals surface area contributed by atoms with E-state index >= 15 is 0 Å². The number of carbonyl (C=O) groups excluding carboxylic acids is 1. The monoisotopic (exact) mass is 404 g/mol. The van der Waals surface area contributed by atoms with E-state index in [9.17, 15) is 4.79 Å². The van der Waals surface area contributed by atoms with E-state index in [1.165, 1.54) is 16.6 Å². The van der Waals surface area contributed by atoms with E-state index in [0.717, 1.165) is 36.7 Å². The van der Waals surface area contributed by atoms with Crippen LogP contribution in [0.25, 0.3) is 0 Å². The second kappa shape index (κ2) is 12.6. The molecule has 1 aromatic carbocycles. The summed E-state index contributed by atoms with van der Waals surface area (Å²) in [6, 6.07) is 12.0. The number of hydrogen-bond acceptors (Lipinski definition) is 5. The SMILES string of the molecule is CCN(CC)Cc1cc(OCC/C=C\NC(=O)CSc2ccccc2)cs1. The minimum absolute atomic E-state index is 0.0000923. The summed E-state index contributed by atoms with van der Waals surface area (Å²) in [7, 11) is 0. The summed E-state index contributed by atoms with van der Waals surface area (Å²) in [4.78, 5) is 16.6. The van der Waals surface area contributed by atoms with Gasteiger partial charge >= 0.3 is 0 Å². The fourth-order valence-corrected chi connectivity index (χ4v) is 3.95. The second-order valence-corrected chi connectivity index (χ2v) is 7.96. The smallest absolute Gasteiger partial charge is 0.234 e. The first-order valence-corrected chi connectivity index (χ1v) is 11.1. The van der Waals surface area contributed by atoms with Gasteiger partial charge in [0.15, 0.2) is 0 Å². The molecule has 0 saturated carbocycles. The molecule has 0 atom stereocenters. The van der Waals surface area contributed by atoms with Crippen LogP contribution < -0.4 is 10.1 Å². The maximum atomic E-state index is 11.8. The van der Waals surface area contributed by atoms with Crippen molar-refractivity contribution >= 4 is 29.0 Å². The van der Waals surface area contributed by atoms with Crippen molar-refractivity contribution in [3.05, 3.63) is 58.9 Å². The highest BCUT2D eigenvalue weighted by atomic mass is 32.2. The molecule has 0 saturated heterocycles. The summed E-state index contributed by atoms with van der Waals surface area (Å²) in [5.74, 6) is 1.34. The third-order valence-corrected chi connectivity index (χ3v) is 5.84. The zero-order chi connectivity index (χ0) is 19.3. The first-order valence-electron chi connectivity index (χ1n) is 9.26. The fourth-order valence-electron chi connectivity index (χ4n) is 2.37. The average Bonchev–Trinajstić information content (AvgIpc) is 3.15. The average molecular weight is 405 g/mol. The molecule has 0 fully saturated rings. The first-order chi connectivity index (χ1) is 13.2. The molecule has 0 spiro atoms. The summed E-state index contributed by atoms with van der Waals surface area (Å²) in [5, 5.41) is 4.85. The highest BCUT2D eigenvalue weighted by Gasteiger charge is 2.05. The van der Waals surface area contributed by atoms with Gasteiger partial charge in [-0.05, 0) is 37.5 Å². The molecule has 6 heteroatoms. The quantitative estimate of drug-likeness (QED) is 0.408. The van der Waals surface area contributed by atoms with Crippen LogP contribution in [-0.2, 0) is 11.3 Å². The third-order valence-electron chi connectivity index (χ3n) is 3.93. The molecule has 27 heavy (non-hydrogen) atoms. The van der Waals surface area contributed by atoms with Crippen LogP contribution >= 0.6 is 23.1 Å². The minimum Gasteiger partial charge on any atom is -0.492 e. The highest BCUT2D eigenvalue weighted by molar-refractivity contribution is 8.00. The van der Waals surface area contributed by atoms with Crippen molar-refractivity contribution in [2.75, 3.05) is 25.4 Å². The van der Waals surface area contributed by atoms with Gasteiger partial charge in [0.1, 0.15) is 5.75 Å². The lowest BCUT2D eigenvalue weighted by molar-refractivity contribution is -0.117. The van der Waals surface area contributed by atoms with Gasteiger partial charge in [0, 0.05) is 28.1 Å². The van der Waals surface area contributed by atoms with E-state index in [4.69, 9.17) is 4.74 Å². The fraction of sp³-hybridized carbons (Fsp3) is 0.381. The lowest BCUT2D eigenvalue weighted by atomic mass is 10.4. The highest BCUT2D eigenvalue weighted by Crippen LogP contribution is 2.23. The minimum atomic E-state index is -0.0000923. The number of amides is 1. The Hall–Kier alpha value is -1.76. The molecule has 1 N–H and O–H groups in total. The van der Waals surface area contributed by atoms with Crippen molar-refractivity contribution < 1.29 is 9.53 Å². The molecule has 0 radical (unpaired) electrons. The predicted molar refractivity (Wildman–Crippen MR) is 116 cm³/mol. The van der Waals surface area contributed by atoms with Gasteiger partial charge in [-0.3, -0.25) is 9.69 Å². The van der Waals surface area contributed by atoms with Crippen LogP contribution in [0.4, 0.5) is 0 Å². The number of thiophene rings is 1. The van der Waals surface area contributed by atoms with Gasteiger partial charge in [-0.15, -0.1) is 23.1 Å². The Bertz CT molecular complexity index is 697. The summed E-state index contributed by atoms with van der Waals surface area (Å²) >= 11 is 3.27. The topological polar surface area (TPSA) is 41.6 Å². The molecule has 146 valence electrons. The van der Waals surface area contributed by atoms with E-state index in [1.807, 2.05) is 36.4 Å². The van der Waals surface area contributed by atoms with Crippen LogP contribution in [0.15, 0.2) is 58.9 Å². The number of ether oxygens (including phenoxy) is 1. The standard InChI is InChI=1S/C21H28N2O2S2/c1-3-23(4-2)15-20-14-18(16-26-20)25-13-9-8-12-22-21(24)17-27-19-10-6-5-7-11-19/h5-8,10-12,14,16H,3-4,9,13,15,17H2,1-2H3,(H,22,24)/b12-8-. The van der Waals surface area contributed by atoms with E-state index in [-0.39, 0.29) is 5.91 Å². The Kier molecular flexibility index (Phi) is 10.0. The summed E-state index contributed by atoms with van der Waals surface area (Å²) in [6.45, 7) is 8.07. The molecular formula is C21H28N2O2S2. The number of hydrogen-bond donors (Lipinski definition) is 1. The van der Waals surface area contributed by atoms with E-state index in [1.54, 1.807) is 17.5 Å². The lowest BCUT2D eigenvalue weighted by Gasteiger charge is -2.16. The summed E-state index contributed by atoms with van der Waals surface area (Å²) in [6.07, 6.45) is 4.39. The van der Waals surface area contributed by atoms with Crippen molar-refractivity contribution in [1.29, 1.82) is 0 Å². The van der Waals surface area contributed by atoms with Gasteiger partial charge in [0.2, 0.25) is 5.91 Å². The van der Waals surface area contributed by atoms with Gasteiger partial charge < -0.3 is 10.1 Å². The molecule has 0 bridgehead atoms. The molecule has 0 aliphatic rings. The molecule has 2 rings (SSSR count). The van der Waals surface area contributed by atoms with Crippen molar-refractivity contribution in [3.63, 3.8) is 0 Å². The molecule has 0 aliphatic heterocycles. The van der Waals surface area contributed by atoms with Crippen molar-refractivity contribution in [2.45, 2.75) is 31.7 Å². The normalized spacial score (nSPS) is 11.2. The number of nitrogens with one attached hydrogen (secondary N) is 1. The molecule has 1 amide bonds. The number of thioether (sulfide) groups is 1. The van der Waals surface area contributed by atoms with Gasteiger partial charge in [-0.1, -0.05) is 38.1 Å². The molecule has 1 heterocycles. The molecule has 0 aliphatic carbocycles. The van der Waals surface area contributed by atoms with Gasteiger partial charge in [0.05, 0.1) is 12.4 Å². The van der Waals surface area contributed by atoms with Crippen LogP contribution in [0.5, 0.6) is 5.75 Å². The Morgan fingerprint density at radius 3 is 2.78 bits per heavy atom. The van der Waals surface area contributed by atoms with Crippen molar-refractivity contribution in [1.82, 2.24) is 10.2 Å². The van der Waals surface area contributed by atoms with Crippen molar-refractivity contribution in [2.24, 2.45) is 0 Å². The second-order valence-electron chi connectivity index (χ2n) is 5.92. The van der Waals surface area contributed by atoms with Gasteiger partial charge in [0.25, 0.3) is 0 Å². The maximum absolute atomic E-state index is 11.8. The van der Waals surface area contributed by atoms with E-state index in [2.05, 4.69) is 35.5 Å². The zero-order valence-corrected chi connectivity index (χ0v) is 17.7. The van der Waals surface area contributed by atoms with Crippen LogP contribution in [0.1, 0.15) is 25.1 Å². The number of carbonyl (C=O) groups is 1. The van der Waals surface area contributed by atoms with Crippen LogP contribution in [-0.4, -0.2) is 36.3 Å². The molecular weight excluding hydrogens is 376 g/mol. The van der Waals surface area contributed by atoms with Crippen LogP contribution in [0.3, 0.4) is 0 Å². The first kappa shape index (κ1) is 21.5.